The number of alkyl halides is 3. The van der Waals surface area contributed by atoms with Crippen LogP contribution in [0, 0.1) is 11.8 Å². The van der Waals surface area contributed by atoms with Crippen molar-refractivity contribution in [3.05, 3.63) is 63.6 Å². The Bertz CT molecular complexity index is 997. The van der Waals surface area contributed by atoms with E-state index in [4.69, 9.17) is 23.2 Å². The van der Waals surface area contributed by atoms with Gasteiger partial charge in [-0.05, 0) is 66.5 Å². The molecule has 2 aromatic carbocycles. The van der Waals surface area contributed by atoms with Crippen LogP contribution in [0.3, 0.4) is 0 Å². The number of carbonyl (C=O) groups is 2. The third kappa shape index (κ3) is 7.36. The van der Waals surface area contributed by atoms with E-state index < -0.39 is 29.9 Å². The predicted octanol–water partition coefficient (Wildman–Crippen LogP) is 2.55. The molecule has 0 radical (unpaired) electrons. The van der Waals surface area contributed by atoms with Crippen molar-refractivity contribution in [3.63, 3.8) is 0 Å². The molecule has 1 N–H and O–H groups in total. The number of carboxylic acids is 1. The van der Waals surface area contributed by atoms with Gasteiger partial charge in [-0.2, -0.15) is 13.2 Å². The number of halogens is 5. The Morgan fingerprint density at radius 3 is 2.18 bits per heavy atom. The number of anilines is 1. The van der Waals surface area contributed by atoms with E-state index in [0.717, 1.165) is 19.8 Å². The smallest absolute Gasteiger partial charge is 0.550 e. The molecule has 3 rings (SSSR count). The zero-order valence-corrected chi connectivity index (χ0v) is 21.6. The molecule has 4 nitrogen and oxygen atoms in total. The first-order chi connectivity index (χ1) is 15.0. The van der Waals surface area contributed by atoms with Crippen LogP contribution in [-0.4, -0.2) is 18.1 Å². The van der Waals surface area contributed by atoms with Gasteiger partial charge in [0.05, 0.1) is 22.5 Å². The Hall–Kier alpha value is -1.25. The van der Waals surface area contributed by atoms with Gasteiger partial charge in [0.2, 0.25) is 5.91 Å². The molecular weight excluding hydrogens is 489 g/mol. The number of rotatable bonds is 8. The molecule has 1 fully saturated rings. The molecule has 1 aliphatic rings. The van der Waals surface area contributed by atoms with Crippen LogP contribution in [0.4, 0.5) is 18.9 Å². The average molecular weight is 510 g/mol. The summed E-state index contributed by atoms with van der Waals surface area (Å²) in [7, 11) is 0. The van der Waals surface area contributed by atoms with Crippen molar-refractivity contribution in [2.45, 2.75) is 44.2 Å². The molecule has 2 aromatic rings. The Labute approximate surface area is 222 Å². The Morgan fingerprint density at radius 1 is 1.09 bits per heavy atom. The largest absolute Gasteiger partial charge is 1.00 e. The first kappa shape index (κ1) is 28.0. The van der Waals surface area contributed by atoms with Crippen molar-refractivity contribution >= 4 is 40.8 Å². The quantitative estimate of drug-likeness (QED) is 0.556. The Morgan fingerprint density at radius 2 is 1.67 bits per heavy atom. The van der Waals surface area contributed by atoms with Crippen molar-refractivity contribution in [2.24, 2.45) is 11.8 Å². The number of aliphatic carboxylic acids is 1. The van der Waals surface area contributed by atoms with Crippen LogP contribution in [0.2, 0.25) is 10.0 Å². The normalized spacial score (nSPS) is 16.3. The van der Waals surface area contributed by atoms with Gasteiger partial charge in [0.25, 0.3) is 0 Å². The van der Waals surface area contributed by atoms with E-state index in [1.54, 1.807) is 6.07 Å². The van der Waals surface area contributed by atoms with E-state index in [-0.39, 0.29) is 64.1 Å². The molecular formula is C23H21Cl2F3NNaO3. The molecule has 0 spiro atoms. The number of carbonyl (C=O) groups excluding carboxylic acids is 2. The summed E-state index contributed by atoms with van der Waals surface area (Å²) in [6.45, 7) is 0.944. The molecule has 33 heavy (non-hydrogen) atoms. The summed E-state index contributed by atoms with van der Waals surface area (Å²) in [4.78, 5) is 24.2. The maximum atomic E-state index is 13.5. The number of nitrogens with one attached hydrogen (secondary N) is 1. The molecule has 3 unspecified atom stereocenters. The third-order valence-electron chi connectivity index (χ3n) is 5.78. The molecule has 1 aliphatic carbocycles. The SMILES string of the molecule is CC(C(C(=O)Nc1cc(C(CC(=O)[O-])C2CC2)ccc1Cl)c1ccc(Cl)cc1)C(F)(F)F.[Na+]. The number of amides is 1. The van der Waals surface area contributed by atoms with E-state index in [1.165, 1.54) is 36.4 Å². The summed E-state index contributed by atoms with van der Waals surface area (Å²) in [6.07, 6.45) is -3.04. The van der Waals surface area contributed by atoms with Crippen LogP contribution >= 0.6 is 23.2 Å². The third-order valence-corrected chi connectivity index (χ3v) is 6.36. The first-order valence-corrected chi connectivity index (χ1v) is 10.8. The monoisotopic (exact) mass is 509 g/mol. The summed E-state index contributed by atoms with van der Waals surface area (Å²) in [5.74, 6) is -5.69. The van der Waals surface area contributed by atoms with Crippen LogP contribution < -0.4 is 40.0 Å². The summed E-state index contributed by atoms with van der Waals surface area (Å²) in [5, 5.41) is 14.2. The molecule has 1 amide bonds. The van der Waals surface area contributed by atoms with Crippen LogP contribution in [-0.2, 0) is 9.59 Å². The zero-order chi connectivity index (χ0) is 23.6. The first-order valence-electron chi connectivity index (χ1n) is 10.1. The maximum absolute atomic E-state index is 13.5. The number of hydrogen-bond donors (Lipinski definition) is 1. The van der Waals surface area contributed by atoms with Gasteiger partial charge >= 0.3 is 35.7 Å². The van der Waals surface area contributed by atoms with Crippen molar-refractivity contribution in [1.82, 2.24) is 0 Å². The molecule has 0 heterocycles. The van der Waals surface area contributed by atoms with Gasteiger partial charge in [0.1, 0.15) is 0 Å². The van der Waals surface area contributed by atoms with E-state index in [0.29, 0.717) is 10.6 Å². The molecule has 172 valence electrons. The van der Waals surface area contributed by atoms with E-state index in [1.807, 2.05) is 0 Å². The fourth-order valence-corrected chi connectivity index (χ4v) is 4.13. The van der Waals surface area contributed by atoms with Gasteiger partial charge < -0.3 is 15.2 Å². The van der Waals surface area contributed by atoms with Crippen molar-refractivity contribution < 1.29 is 57.4 Å². The Kier molecular flexibility index (Phi) is 9.71. The molecule has 1 saturated carbocycles. The van der Waals surface area contributed by atoms with Gasteiger partial charge in [0.15, 0.2) is 0 Å². The summed E-state index contributed by atoms with van der Waals surface area (Å²) in [5.41, 5.74) is 0.937. The molecule has 0 saturated heterocycles. The summed E-state index contributed by atoms with van der Waals surface area (Å²) in [6, 6.07) is 10.3. The predicted molar refractivity (Wildman–Crippen MR) is 115 cm³/mol. The summed E-state index contributed by atoms with van der Waals surface area (Å²) < 4.78 is 40.6. The van der Waals surface area contributed by atoms with Crippen molar-refractivity contribution in [1.29, 1.82) is 0 Å². The number of hydrogen-bond acceptors (Lipinski definition) is 3. The molecule has 0 bridgehead atoms. The number of carboxylic acid groups (broad SMARTS) is 1. The molecule has 3 atom stereocenters. The van der Waals surface area contributed by atoms with Crippen LogP contribution in [0.25, 0.3) is 0 Å². The topological polar surface area (TPSA) is 69.2 Å². The maximum Gasteiger partial charge on any atom is 1.00 e. The average Bonchev–Trinajstić information content (AvgIpc) is 3.54. The van der Waals surface area contributed by atoms with Gasteiger partial charge in [-0.15, -0.1) is 0 Å². The van der Waals surface area contributed by atoms with Crippen molar-refractivity contribution in [2.75, 3.05) is 5.32 Å². The molecule has 0 aromatic heterocycles. The van der Waals surface area contributed by atoms with Crippen LogP contribution in [0.5, 0.6) is 0 Å². The van der Waals surface area contributed by atoms with Crippen molar-refractivity contribution in [3.8, 4) is 0 Å². The van der Waals surface area contributed by atoms with Crippen LogP contribution in [0.1, 0.15) is 49.1 Å². The van der Waals surface area contributed by atoms with Gasteiger partial charge in [0, 0.05) is 11.0 Å². The van der Waals surface area contributed by atoms with Gasteiger partial charge in [-0.1, -0.05) is 48.3 Å². The zero-order valence-electron chi connectivity index (χ0n) is 18.1. The van der Waals surface area contributed by atoms with Crippen LogP contribution in [0.15, 0.2) is 42.5 Å². The Balaban J connectivity index is 0.00000385. The fraction of sp³-hybridized carbons (Fsp3) is 0.391. The second-order valence-corrected chi connectivity index (χ2v) is 8.95. The summed E-state index contributed by atoms with van der Waals surface area (Å²) >= 11 is 12.0. The minimum absolute atomic E-state index is 0. The van der Waals surface area contributed by atoms with Gasteiger partial charge in [-0.25, -0.2) is 0 Å². The van der Waals surface area contributed by atoms with E-state index in [2.05, 4.69) is 5.32 Å². The minimum Gasteiger partial charge on any atom is -0.550 e. The standard InChI is InChI=1S/C23H22Cl2F3NO3.Na/c1-12(23(26,27)28)21(14-4-7-16(24)8-5-14)22(32)29-19-10-15(6-9-18(19)25)17(11-20(30)31)13-2-3-13;/h4-10,12-13,17,21H,2-3,11H2,1H3,(H,29,32)(H,30,31);/q;+1/p-1. The second-order valence-electron chi connectivity index (χ2n) is 8.11. The van der Waals surface area contributed by atoms with E-state index >= 15 is 0 Å². The molecule has 10 heteroatoms. The molecule has 0 aliphatic heterocycles. The minimum atomic E-state index is -4.61. The number of benzene rings is 2. The van der Waals surface area contributed by atoms with Gasteiger partial charge in [-0.3, -0.25) is 4.79 Å². The fourth-order valence-electron chi connectivity index (χ4n) is 3.84. The van der Waals surface area contributed by atoms with E-state index in [9.17, 15) is 27.9 Å². The second kappa shape index (κ2) is 11.5.